The van der Waals surface area contributed by atoms with Gasteiger partial charge in [-0.3, -0.25) is 0 Å². The van der Waals surface area contributed by atoms with Gasteiger partial charge in [0.1, 0.15) is 5.75 Å². The van der Waals surface area contributed by atoms with Gasteiger partial charge >= 0.3 is 6.36 Å². The summed E-state index contributed by atoms with van der Waals surface area (Å²) in [6.45, 7) is 2.69. The number of alkyl halides is 3. The minimum atomic E-state index is -4.67. The molecular weight excluding hydrogens is 299 g/mol. The van der Waals surface area contributed by atoms with Crippen LogP contribution in [0.1, 0.15) is 18.4 Å². The van der Waals surface area contributed by atoms with Gasteiger partial charge in [0.05, 0.1) is 6.61 Å². The van der Waals surface area contributed by atoms with E-state index in [-0.39, 0.29) is 17.8 Å². The largest absolute Gasteiger partial charge is 0.573 e. The van der Waals surface area contributed by atoms with E-state index in [0.29, 0.717) is 32.7 Å². The van der Waals surface area contributed by atoms with Gasteiger partial charge in [0.15, 0.2) is 0 Å². The highest BCUT2D eigenvalue weighted by Crippen LogP contribution is 2.31. The van der Waals surface area contributed by atoms with Crippen LogP contribution in [-0.2, 0) is 11.3 Å². The van der Waals surface area contributed by atoms with E-state index < -0.39 is 6.36 Å². The molecule has 2 rings (SSSR count). The molecule has 22 heavy (non-hydrogen) atoms. The summed E-state index contributed by atoms with van der Waals surface area (Å²) in [4.78, 5) is 0. The van der Waals surface area contributed by atoms with Gasteiger partial charge in [0, 0.05) is 31.7 Å². The predicted molar refractivity (Wildman–Crippen MR) is 74.4 cm³/mol. The smallest absolute Gasteiger partial charge is 0.406 e. The number of hydrogen-bond acceptors (Lipinski definition) is 4. The highest BCUT2D eigenvalue weighted by molar-refractivity contribution is 5.27. The molecule has 7 heteroatoms. The molecular formula is C15H20F3NO3. The molecule has 1 saturated heterocycles. The van der Waals surface area contributed by atoms with E-state index in [2.05, 4.69) is 10.1 Å². The minimum Gasteiger partial charge on any atom is -0.406 e. The van der Waals surface area contributed by atoms with Crippen molar-refractivity contribution >= 4 is 0 Å². The lowest BCUT2D eigenvalue weighted by atomic mass is 9.84. The van der Waals surface area contributed by atoms with Crippen molar-refractivity contribution in [1.82, 2.24) is 5.32 Å². The second-order valence-electron chi connectivity index (χ2n) is 5.57. The monoisotopic (exact) mass is 319 g/mol. The molecule has 4 nitrogen and oxygen atoms in total. The van der Waals surface area contributed by atoms with Crippen molar-refractivity contribution in [3.8, 4) is 5.75 Å². The van der Waals surface area contributed by atoms with Gasteiger partial charge in [-0.05, 0) is 30.5 Å². The van der Waals surface area contributed by atoms with Gasteiger partial charge in [-0.2, -0.15) is 0 Å². The third-order valence-corrected chi connectivity index (χ3v) is 3.81. The summed E-state index contributed by atoms with van der Waals surface area (Å²) in [6, 6.07) is 5.79. The maximum absolute atomic E-state index is 12.1. The Bertz CT molecular complexity index is 456. The van der Waals surface area contributed by atoms with Crippen molar-refractivity contribution in [1.29, 1.82) is 0 Å². The summed E-state index contributed by atoms with van der Waals surface area (Å²) >= 11 is 0. The Morgan fingerprint density at radius 2 is 2.00 bits per heavy atom. The zero-order chi connectivity index (χ0) is 16.1. The number of halogens is 3. The maximum Gasteiger partial charge on any atom is 0.573 e. The molecule has 0 amide bonds. The predicted octanol–water partition coefficient (Wildman–Crippen LogP) is 2.46. The van der Waals surface area contributed by atoms with Crippen molar-refractivity contribution in [2.45, 2.75) is 25.7 Å². The van der Waals surface area contributed by atoms with Crippen molar-refractivity contribution in [2.24, 2.45) is 5.41 Å². The molecule has 0 spiro atoms. The van der Waals surface area contributed by atoms with E-state index >= 15 is 0 Å². The average molecular weight is 319 g/mol. The van der Waals surface area contributed by atoms with Gasteiger partial charge in [-0.25, -0.2) is 0 Å². The number of ether oxygens (including phenoxy) is 2. The zero-order valence-electron chi connectivity index (χ0n) is 12.2. The van der Waals surface area contributed by atoms with Crippen LogP contribution in [0.3, 0.4) is 0 Å². The summed E-state index contributed by atoms with van der Waals surface area (Å²) in [5.41, 5.74) is 0.821. The molecule has 0 aliphatic carbocycles. The topological polar surface area (TPSA) is 50.7 Å². The third kappa shape index (κ3) is 5.15. The van der Waals surface area contributed by atoms with Crippen LogP contribution in [-0.4, -0.2) is 37.8 Å². The van der Waals surface area contributed by atoms with E-state index in [1.54, 1.807) is 12.1 Å². The fraction of sp³-hybridized carbons (Fsp3) is 0.600. The molecule has 124 valence electrons. The fourth-order valence-electron chi connectivity index (χ4n) is 2.59. The summed E-state index contributed by atoms with van der Waals surface area (Å²) in [5, 5.41) is 12.4. The van der Waals surface area contributed by atoms with E-state index in [9.17, 15) is 13.2 Å². The van der Waals surface area contributed by atoms with Crippen molar-refractivity contribution < 1.29 is 27.8 Å². The van der Waals surface area contributed by atoms with Gasteiger partial charge in [-0.15, -0.1) is 13.2 Å². The Kier molecular flexibility index (Phi) is 5.66. The number of benzene rings is 1. The minimum absolute atomic E-state index is 0.0475. The van der Waals surface area contributed by atoms with Crippen LogP contribution in [0, 0.1) is 5.41 Å². The lowest BCUT2D eigenvalue weighted by molar-refractivity contribution is -0.274. The molecule has 1 aromatic carbocycles. The standard InChI is InChI=1S/C15H20F3NO3/c16-15(17,18)22-13-3-1-12(2-4-13)9-19-10-14(5-7-20)6-8-21-11-14/h1-4,19-20H,5-11H2. The normalized spacial score (nSPS) is 22.0. The molecule has 2 N–H and O–H groups in total. The lowest BCUT2D eigenvalue weighted by Crippen LogP contribution is -2.35. The Labute approximate surface area is 127 Å². The number of hydrogen-bond donors (Lipinski definition) is 2. The second kappa shape index (κ2) is 7.30. The van der Waals surface area contributed by atoms with Crippen molar-refractivity contribution in [2.75, 3.05) is 26.4 Å². The summed E-state index contributed by atoms with van der Waals surface area (Å²) in [6.07, 6.45) is -3.09. The van der Waals surface area contributed by atoms with E-state index in [0.717, 1.165) is 12.0 Å². The zero-order valence-corrected chi connectivity index (χ0v) is 12.2. The molecule has 1 aliphatic rings. The average Bonchev–Trinajstić information content (AvgIpc) is 2.88. The van der Waals surface area contributed by atoms with Crippen LogP contribution >= 0.6 is 0 Å². The number of rotatable bonds is 7. The van der Waals surface area contributed by atoms with Crippen molar-refractivity contribution in [3.63, 3.8) is 0 Å². The second-order valence-corrected chi connectivity index (χ2v) is 5.57. The molecule has 0 aromatic heterocycles. The Hall–Kier alpha value is -1.31. The Morgan fingerprint density at radius 1 is 1.27 bits per heavy atom. The summed E-state index contributed by atoms with van der Waals surface area (Å²) in [5.74, 6) is -0.225. The third-order valence-electron chi connectivity index (χ3n) is 3.81. The molecule has 1 unspecified atom stereocenters. The molecule has 0 saturated carbocycles. The quantitative estimate of drug-likeness (QED) is 0.811. The van der Waals surface area contributed by atoms with Crippen molar-refractivity contribution in [3.05, 3.63) is 29.8 Å². The van der Waals surface area contributed by atoms with E-state index in [1.165, 1.54) is 12.1 Å². The summed E-state index contributed by atoms with van der Waals surface area (Å²) < 4.78 is 45.4. The first kappa shape index (κ1) is 17.1. The van der Waals surface area contributed by atoms with Crippen LogP contribution in [0.2, 0.25) is 0 Å². The highest BCUT2D eigenvalue weighted by atomic mass is 19.4. The van der Waals surface area contributed by atoms with Gasteiger partial charge in [-0.1, -0.05) is 12.1 Å². The molecule has 0 radical (unpaired) electrons. The molecule has 1 aliphatic heterocycles. The first-order chi connectivity index (χ1) is 10.4. The van der Waals surface area contributed by atoms with Gasteiger partial charge < -0.3 is 19.9 Å². The van der Waals surface area contributed by atoms with Crippen LogP contribution < -0.4 is 10.1 Å². The molecule has 1 heterocycles. The lowest BCUT2D eigenvalue weighted by Gasteiger charge is -2.26. The summed E-state index contributed by atoms with van der Waals surface area (Å²) in [7, 11) is 0. The van der Waals surface area contributed by atoms with Crippen LogP contribution in [0.4, 0.5) is 13.2 Å². The fourth-order valence-corrected chi connectivity index (χ4v) is 2.59. The Balaban J connectivity index is 1.81. The van der Waals surface area contributed by atoms with E-state index in [4.69, 9.17) is 9.84 Å². The highest BCUT2D eigenvalue weighted by Gasteiger charge is 2.34. The van der Waals surface area contributed by atoms with E-state index in [1.807, 2.05) is 0 Å². The maximum atomic E-state index is 12.1. The van der Waals surface area contributed by atoms with Crippen LogP contribution in [0.15, 0.2) is 24.3 Å². The first-order valence-corrected chi connectivity index (χ1v) is 7.17. The molecule has 1 atom stereocenters. The van der Waals surface area contributed by atoms with Crippen LogP contribution in [0.5, 0.6) is 5.75 Å². The first-order valence-electron chi connectivity index (χ1n) is 7.17. The molecule has 1 fully saturated rings. The molecule has 1 aromatic rings. The van der Waals surface area contributed by atoms with Crippen LogP contribution in [0.25, 0.3) is 0 Å². The number of nitrogens with one attached hydrogen (secondary N) is 1. The van der Waals surface area contributed by atoms with Gasteiger partial charge in [0.25, 0.3) is 0 Å². The SMILES string of the molecule is OCCC1(CNCc2ccc(OC(F)(F)F)cc2)CCOC1. The number of aliphatic hydroxyl groups excluding tert-OH is 1. The molecule has 0 bridgehead atoms. The number of aliphatic hydroxyl groups is 1. The Morgan fingerprint density at radius 3 is 2.55 bits per heavy atom. The van der Waals surface area contributed by atoms with Gasteiger partial charge in [0.2, 0.25) is 0 Å².